The summed E-state index contributed by atoms with van der Waals surface area (Å²) in [4.78, 5) is 0. The standard InChI is InChI=1S/C32H32/c1-21-12-13-24(18-28(21)31(2,3)4)25-15-17-27-26-16-14-23(22-10-8-7-9-11-22)19-29(26)32(5,6)30(27)20-25/h7-20H,1-6H3. The van der Waals surface area contributed by atoms with Gasteiger partial charge in [-0.15, -0.1) is 0 Å². The third-order valence-corrected chi connectivity index (χ3v) is 7.16. The lowest BCUT2D eigenvalue weighted by molar-refractivity contribution is 0.586. The molecular weight excluding hydrogens is 384 g/mol. The molecule has 0 aliphatic heterocycles. The smallest absolute Gasteiger partial charge is 0.0159 e. The van der Waals surface area contributed by atoms with Crippen LogP contribution in [0.4, 0.5) is 0 Å². The fourth-order valence-electron chi connectivity index (χ4n) is 5.34. The third kappa shape index (κ3) is 3.30. The molecule has 0 nitrogen and oxygen atoms in total. The Morgan fingerprint density at radius 2 is 1.06 bits per heavy atom. The molecule has 0 radical (unpaired) electrons. The van der Waals surface area contributed by atoms with Crippen LogP contribution in [0, 0.1) is 6.92 Å². The van der Waals surface area contributed by atoms with Crippen molar-refractivity contribution >= 4 is 0 Å². The van der Waals surface area contributed by atoms with E-state index in [-0.39, 0.29) is 10.8 Å². The Balaban J connectivity index is 1.61. The first kappa shape index (κ1) is 20.8. The summed E-state index contributed by atoms with van der Waals surface area (Å²) in [5, 5.41) is 0. The topological polar surface area (TPSA) is 0 Å². The molecule has 0 aromatic heterocycles. The van der Waals surface area contributed by atoms with Crippen LogP contribution in [0.5, 0.6) is 0 Å². The minimum Gasteiger partial charge on any atom is -0.0622 e. The third-order valence-electron chi connectivity index (χ3n) is 7.16. The predicted molar refractivity (Wildman–Crippen MR) is 138 cm³/mol. The summed E-state index contributed by atoms with van der Waals surface area (Å²) < 4.78 is 0. The van der Waals surface area contributed by atoms with Crippen LogP contribution in [0.1, 0.15) is 56.9 Å². The maximum absolute atomic E-state index is 2.43. The lowest BCUT2D eigenvalue weighted by atomic mass is 9.80. The molecule has 4 aromatic rings. The van der Waals surface area contributed by atoms with Gasteiger partial charge in [0, 0.05) is 5.41 Å². The number of rotatable bonds is 2. The van der Waals surface area contributed by atoms with Crippen molar-refractivity contribution in [1.29, 1.82) is 0 Å². The van der Waals surface area contributed by atoms with Gasteiger partial charge in [-0.2, -0.15) is 0 Å². The molecule has 1 aliphatic rings. The lowest BCUT2D eigenvalue weighted by Gasteiger charge is -2.24. The highest BCUT2D eigenvalue weighted by Gasteiger charge is 2.35. The highest BCUT2D eigenvalue weighted by atomic mass is 14.4. The van der Waals surface area contributed by atoms with Crippen LogP contribution in [-0.2, 0) is 10.8 Å². The van der Waals surface area contributed by atoms with E-state index in [4.69, 9.17) is 0 Å². The second kappa shape index (κ2) is 7.20. The molecular formula is C32H32. The summed E-state index contributed by atoms with van der Waals surface area (Å²) in [6, 6.07) is 31.7. The van der Waals surface area contributed by atoms with Crippen molar-refractivity contribution in [3.63, 3.8) is 0 Å². The molecule has 160 valence electrons. The number of fused-ring (bicyclic) bond motifs is 3. The Labute approximate surface area is 193 Å². The molecule has 0 heterocycles. The first-order valence-corrected chi connectivity index (χ1v) is 11.6. The van der Waals surface area contributed by atoms with Crippen LogP contribution < -0.4 is 0 Å². The van der Waals surface area contributed by atoms with Crippen LogP contribution in [-0.4, -0.2) is 0 Å². The van der Waals surface area contributed by atoms with Gasteiger partial charge in [-0.25, -0.2) is 0 Å². The first-order chi connectivity index (χ1) is 15.2. The van der Waals surface area contributed by atoms with E-state index in [9.17, 15) is 0 Å². The molecule has 0 saturated carbocycles. The maximum atomic E-state index is 2.43. The molecule has 0 N–H and O–H groups in total. The van der Waals surface area contributed by atoms with E-state index in [1.54, 1.807) is 0 Å². The van der Waals surface area contributed by atoms with E-state index in [1.807, 2.05) is 0 Å². The Kier molecular flexibility index (Phi) is 4.67. The Bertz CT molecular complexity index is 1310. The molecule has 4 aromatic carbocycles. The Morgan fingerprint density at radius 3 is 1.62 bits per heavy atom. The molecule has 5 rings (SSSR count). The SMILES string of the molecule is Cc1ccc(-c2ccc3c(c2)C(C)(C)c2cc(-c4ccccc4)ccc2-3)cc1C(C)(C)C. The minimum absolute atomic E-state index is 0.0248. The predicted octanol–water partition coefficient (Wildman–Crippen LogP) is 8.93. The number of hydrogen-bond donors (Lipinski definition) is 0. The van der Waals surface area contributed by atoms with Crippen LogP contribution in [0.15, 0.2) is 84.9 Å². The highest BCUT2D eigenvalue weighted by Crippen LogP contribution is 2.50. The molecule has 0 heteroatoms. The van der Waals surface area contributed by atoms with Crippen LogP contribution in [0.2, 0.25) is 0 Å². The summed E-state index contributed by atoms with van der Waals surface area (Å²) in [7, 11) is 0. The monoisotopic (exact) mass is 416 g/mol. The Morgan fingerprint density at radius 1 is 0.562 bits per heavy atom. The van der Waals surface area contributed by atoms with Crippen molar-refractivity contribution < 1.29 is 0 Å². The second-order valence-electron chi connectivity index (χ2n) is 10.8. The molecule has 0 bridgehead atoms. The van der Waals surface area contributed by atoms with Gasteiger partial charge in [0.05, 0.1) is 0 Å². The molecule has 0 saturated heterocycles. The van der Waals surface area contributed by atoms with Gasteiger partial charge in [0.2, 0.25) is 0 Å². The molecule has 0 amide bonds. The van der Waals surface area contributed by atoms with E-state index < -0.39 is 0 Å². The normalized spacial score (nSPS) is 14.2. The highest BCUT2D eigenvalue weighted by molar-refractivity contribution is 5.85. The van der Waals surface area contributed by atoms with Crippen LogP contribution in [0.3, 0.4) is 0 Å². The zero-order valence-corrected chi connectivity index (χ0v) is 20.1. The zero-order valence-electron chi connectivity index (χ0n) is 20.1. The molecule has 0 unspecified atom stereocenters. The van der Waals surface area contributed by atoms with E-state index in [1.165, 1.54) is 55.6 Å². The summed E-state index contributed by atoms with van der Waals surface area (Å²) >= 11 is 0. The van der Waals surface area contributed by atoms with Crippen molar-refractivity contribution in [2.45, 2.75) is 52.4 Å². The average molecular weight is 417 g/mol. The van der Waals surface area contributed by atoms with Gasteiger partial charge in [-0.05, 0) is 80.1 Å². The van der Waals surface area contributed by atoms with E-state index in [2.05, 4.69) is 126 Å². The average Bonchev–Trinajstić information content (AvgIpc) is 3.00. The largest absolute Gasteiger partial charge is 0.0622 e. The molecule has 0 atom stereocenters. The van der Waals surface area contributed by atoms with Crippen molar-refractivity contribution in [3.8, 4) is 33.4 Å². The van der Waals surface area contributed by atoms with Crippen molar-refractivity contribution in [3.05, 3.63) is 107 Å². The first-order valence-electron chi connectivity index (χ1n) is 11.6. The van der Waals surface area contributed by atoms with Gasteiger partial charge in [0.1, 0.15) is 0 Å². The molecule has 0 spiro atoms. The van der Waals surface area contributed by atoms with Gasteiger partial charge in [0.15, 0.2) is 0 Å². The molecule has 1 aliphatic carbocycles. The van der Waals surface area contributed by atoms with Crippen LogP contribution in [0.25, 0.3) is 33.4 Å². The van der Waals surface area contributed by atoms with Gasteiger partial charge in [-0.3, -0.25) is 0 Å². The van der Waals surface area contributed by atoms with Crippen LogP contribution >= 0.6 is 0 Å². The quantitative estimate of drug-likeness (QED) is 0.306. The number of aryl methyl sites for hydroxylation is 1. The van der Waals surface area contributed by atoms with Crippen molar-refractivity contribution in [2.75, 3.05) is 0 Å². The fraction of sp³-hybridized carbons (Fsp3) is 0.250. The minimum atomic E-state index is -0.0248. The van der Waals surface area contributed by atoms with Gasteiger partial charge in [0.25, 0.3) is 0 Å². The Hall–Kier alpha value is -3.12. The van der Waals surface area contributed by atoms with Crippen molar-refractivity contribution in [2.24, 2.45) is 0 Å². The molecule has 0 fully saturated rings. The van der Waals surface area contributed by atoms with Crippen molar-refractivity contribution in [1.82, 2.24) is 0 Å². The molecule has 32 heavy (non-hydrogen) atoms. The lowest BCUT2D eigenvalue weighted by Crippen LogP contribution is -2.15. The fourth-order valence-corrected chi connectivity index (χ4v) is 5.34. The van der Waals surface area contributed by atoms with E-state index in [0.29, 0.717) is 0 Å². The van der Waals surface area contributed by atoms with Gasteiger partial charge < -0.3 is 0 Å². The summed E-state index contributed by atoms with van der Waals surface area (Å²) in [5.74, 6) is 0. The van der Waals surface area contributed by atoms with Gasteiger partial charge in [-0.1, -0.05) is 107 Å². The zero-order chi connectivity index (χ0) is 22.7. The second-order valence-corrected chi connectivity index (χ2v) is 10.8. The maximum Gasteiger partial charge on any atom is 0.0159 e. The van der Waals surface area contributed by atoms with E-state index in [0.717, 1.165) is 0 Å². The number of hydrogen-bond acceptors (Lipinski definition) is 0. The van der Waals surface area contributed by atoms with Gasteiger partial charge >= 0.3 is 0 Å². The summed E-state index contributed by atoms with van der Waals surface area (Å²) in [5.41, 5.74) is 13.7. The summed E-state index contributed by atoms with van der Waals surface area (Å²) in [6.45, 7) is 13.8. The summed E-state index contributed by atoms with van der Waals surface area (Å²) in [6.07, 6.45) is 0. The van der Waals surface area contributed by atoms with E-state index >= 15 is 0 Å². The number of benzene rings is 4.